The summed E-state index contributed by atoms with van der Waals surface area (Å²) in [7, 11) is 0. The Labute approximate surface area is 149 Å². The van der Waals surface area contributed by atoms with Crippen molar-refractivity contribution < 1.29 is 9.13 Å². The molecule has 0 saturated heterocycles. The molecule has 4 rings (SSSR count). The predicted octanol–water partition coefficient (Wildman–Crippen LogP) is 2.62. The zero-order chi connectivity index (χ0) is 17.6. The molecular weight excluding hydrogens is 345 g/mol. The minimum Gasteiger partial charge on any atom is -0.488 e. The van der Waals surface area contributed by atoms with Crippen molar-refractivity contribution in [3.63, 3.8) is 0 Å². The molecule has 1 aromatic heterocycles. The van der Waals surface area contributed by atoms with Gasteiger partial charge in [0.25, 0.3) is 5.56 Å². The van der Waals surface area contributed by atoms with Gasteiger partial charge in [-0.15, -0.1) is 0 Å². The molecule has 130 valence electrons. The molecule has 0 aliphatic carbocycles. The smallest absolute Gasteiger partial charge is 0.255 e. The van der Waals surface area contributed by atoms with Crippen LogP contribution in [0.1, 0.15) is 22.6 Å². The van der Waals surface area contributed by atoms with Crippen LogP contribution in [0.15, 0.2) is 28.6 Å². The van der Waals surface area contributed by atoms with Crippen molar-refractivity contribution in [2.75, 3.05) is 19.7 Å². The number of halogens is 2. The number of hydrogen-bond acceptors (Lipinski definition) is 4. The molecule has 1 aromatic carbocycles. The first-order valence-corrected chi connectivity index (χ1v) is 8.50. The van der Waals surface area contributed by atoms with E-state index >= 15 is 0 Å². The highest BCUT2D eigenvalue weighted by molar-refractivity contribution is 6.49. The predicted molar refractivity (Wildman–Crippen MR) is 93.2 cm³/mol. The Hall–Kier alpha value is -2.18. The van der Waals surface area contributed by atoms with Crippen LogP contribution in [-0.2, 0) is 13.0 Å². The van der Waals surface area contributed by atoms with Crippen LogP contribution in [0, 0.1) is 12.7 Å². The molecule has 0 amide bonds. The molecule has 25 heavy (non-hydrogen) atoms. The molecule has 7 heteroatoms. The largest absolute Gasteiger partial charge is 0.488 e. The number of ether oxygens (including phenoxy) is 1. The maximum Gasteiger partial charge on any atom is 0.255 e. The molecule has 0 spiro atoms. The summed E-state index contributed by atoms with van der Waals surface area (Å²) in [5, 5.41) is 0.530. The van der Waals surface area contributed by atoms with Crippen molar-refractivity contribution in [3.8, 4) is 5.75 Å². The number of aryl methyl sites for hydroxylation is 1. The molecule has 3 heterocycles. The molecule has 0 atom stereocenters. The van der Waals surface area contributed by atoms with Gasteiger partial charge in [-0.25, -0.2) is 9.37 Å². The fourth-order valence-corrected chi connectivity index (χ4v) is 3.61. The van der Waals surface area contributed by atoms with Gasteiger partial charge in [0.1, 0.15) is 24.0 Å². The van der Waals surface area contributed by atoms with E-state index in [1.807, 2.05) is 0 Å². The quantitative estimate of drug-likeness (QED) is 0.893. The Balaban J connectivity index is 1.59. The van der Waals surface area contributed by atoms with E-state index in [4.69, 9.17) is 16.3 Å². The van der Waals surface area contributed by atoms with Crippen molar-refractivity contribution in [3.05, 3.63) is 62.6 Å². The van der Waals surface area contributed by atoms with Crippen LogP contribution < -0.4 is 10.3 Å². The lowest BCUT2D eigenvalue weighted by atomic mass is 10.0. The average Bonchev–Trinajstić information content (AvgIpc) is 2.58. The number of aromatic amines is 1. The van der Waals surface area contributed by atoms with Gasteiger partial charge in [0.05, 0.1) is 16.3 Å². The maximum absolute atomic E-state index is 13.5. The number of nitrogens with one attached hydrogen (secondary N) is 1. The van der Waals surface area contributed by atoms with Crippen molar-refractivity contribution in [1.29, 1.82) is 0 Å². The molecular formula is C18H17ClFN3O2. The van der Waals surface area contributed by atoms with Crippen molar-refractivity contribution >= 4 is 16.6 Å². The highest BCUT2D eigenvalue weighted by Crippen LogP contribution is 2.36. The summed E-state index contributed by atoms with van der Waals surface area (Å²) < 4.78 is 19.2. The number of aromatic nitrogens is 2. The number of nitrogens with zero attached hydrogens (tertiary/aromatic N) is 2. The van der Waals surface area contributed by atoms with Crippen LogP contribution in [0.25, 0.3) is 5.03 Å². The minimum atomic E-state index is -0.346. The molecule has 5 nitrogen and oxygen atoms in total. The average molecular weight is 362 g/mol. The second-order valence-corrected chi connectivity index (χ2v) is 6.76. The van der Waals surface area contributed by atoms with Crippen LogP contribution in [0.2, 0.25) is 0 Å². The van der Waals surface area contributed by atoms with E-state index in [2.05, 4.69) is 14.9 Å². The van der Waals surface area contributed by atoms with Gasteiger partial charge in [0, 0.05) is 37.2 Å². The number of H-pyrrole nitrogens is 1. The van der Waals surface area contributed by atoms with Crippen molar-refractivity contribution in [2.45, 2.75) is 19.9 Å². The van der Waals surface area contributed by atoms with E-state index in [1.54, 1.807) is 13.0 Å². The lowest BCUT2D eigenvalue weighted by Gasteiger charge is -2.30. The normalized spacial score (nSPS) is 17.1. The molecule has 2 aromatic rings. The first-order valence-electron chi connectivity index (χ1n) is 8.12. The Morgan fingerprint density at radius 3 is 3.12 bits per heavy atom. The molecule has 0 radical (unpaired) electrons. The third kappa shape index (κ3) is 3.07. The fourth-order valence-electron chi connectivity index (χ4n) is 3.34. The fraction of sp³-hybridized carbons (Fsp3) is 0.333. The number of hydrogen-bond donors (Lipinski definition) is 1. The zero-order valence-corrected chi connectivity index (χ0v) is 14.5. The molecule has 0 fully saturated rings. The first kappa shape index (κ1) is 16.3. The highest BCUT2D eigenvalue weighted by atomic mass is 35.5. The van der Waals surface area contributed by atoms with Crippen LogP contribution >= 0.6 is 11.6 Å². The zero-order valence-electron chi connectivity index (χ0n) is 13.7. The highest BCUT2D eigenvalue weighted by Gasteiger charge is 2.25. The standard InChI is InChI=1S/C18H17ClFN3O2/c1-10-21-15-4-5-23(8-14(15)18(24)22-10)7-11-9-25-16-3-2-12(20)6-13(16)17(11)19/h2-3,6H,4-5,7-9H2,1H3,(H,21,22,24). The van der Waals surface area contributed by atoms with Crippen LogP contribution in [0.3, 0.4) is 0 Å². The number of fused-ring (bicyclic) bond motifs is 2. The Morgan fingerprint density at radius 2 is 2.28 bits per heavy atom. The topological polar surface area (TPSA) is 58.2 Å². The van der Waals surface area contributed by atoms with E-state index in [0.717, 1.165) is 24.2 Å². The van der Waals surface area contributed by atoms with Crippen molar-refractivity contribution in [2.24, 2.45) is 0 Å². The third-order valence-electron chi connectivity index (χ3n) is 4.57. The van der Waals surface area contributed by atoms with Gasteiger partial charge >= 0.3 is 0 Å². The van der Waals surface area contributed by atoms with Gasteiger partial charge in [-0.05, 0) is 25.1 Å². The Bertz CT molecular complexity index is 938. The van der Waals surface area contributed by atoms with E-state index in [-0.39, 0.29) is 11.4 Å². The second kappa shape index (κ2) is 6.28. The summed E-state index contributed by atoms with van der Waals surface area (Å²) >= 11 is 6.48. The van der Waals surface area contributed by atoms with Gasteiger partial charge in [0.15, 0.2) is 0 Å². The summed E-state index contributed by atoms with van der Waals surface area (Å²) in [5.41, 5.74) is 2.96. The Morgan fingerprint density at radius 1 is 1.44 bits per heavy atom. The first-order chi connectivity index (χ1) is 12.0. The van der Waals surface area contributed by atoms with Gasteiger partial charge in [-0.3, -0.25) is 9.69 Å². The SMILES string of the molecule is Cc1nc2c(c(=O)[nH]1)CN(CC1=C(Cl)c3cc(F)ccc3OC1)CC2. The van der Waals surface area contributed by atoms with E-state index in [0.29, 0.717) is 47.4 Å². The summed E-state index contributed by atoms with van der Waals surface area (Å²) in [4.78, 5) is 21.5. The number of benzene rings is 1. The lowest BCUT2D eigenvalue weighted by molar-refractivity contribution is 0.253. The van der Waals surface area contributed by atoms with Crippen LogP contribution in [0.4, 0.5) is 4.39 Å². The summed E-state index contributed by atoms with van der Waals surface area (Å²) in [6.07, 6.45) is 0.719. The van der Waals surface area contributed by atoms with Gasteiger partial charge in [0.2, 0.25) is 0 Å². The lowest BCUT2D eigenvalue weighted by Crippen LogP contribution is -2.38. The van der Waals surface area contributed by atoms with Crippen molar-refractivity contribution in [1.82, 2.24) is 14.9 Å². The van der Waals surface area contributed by atoms with E-state index in [9.17, 15) is 9.18 Å². The summed E-state index contributed by atoms with van der Waals surface area (Å²) in [6.45, 7) is 4.02. The second-order valence-electron chi connectivity index (χ2n) is 6.38. The van der Waals surface area contributed by atoms with E-state index < -0.39 is 0 Å². The molecule has 2 aliphatic rings. The summed E-state index contributed by atoms with van der Waals surface area (Å²) in [5.74, 6) is 0.888. The maximum atomic E-state index is 13.5. The van der Waals surface area contributed by atoms with Gasteiger partial charge < -0.3 is 9.72 Å². The molecule has 0 saturated carbocycles. The number of rotatable bonds is 2. The molecule has 2 aliphatic heterocycles. The summed E-state index contributed by atoms with van der Waals surface area (Å²) in [6, 6.07) is 4.34. The molecule has 0 bridgehead atoms. The van der Waals surface area contributed by atoms with Gasteiger partial charge in [-0.2, -0.15) is 0 Å². The van der Waals surface area contributed by atoms with E-state index in [1.165, 1.54) is 12.1 Å². The third-order valence-corrected chi connectivity index (χ3v) is 5.04. The Kier molecular flexibility index (Phi) is 4.09. The van der Waals surface area contributed by atoms with Crippen LogP contribution in [0.5, 0.6) is 5.75 Å². The van der Waals surface area contributed by atoms with Gasteiger partial charge in [-0.1, -0.05) is 11.6 Å². The monoisotopic (exact) mass is 361 g/mol. The minimum absolute atomic E-state index is 0.0837. The molecule has 0 unspecified atom stereocenters. The molecule has 1 N–H and O–H groups in total. The van der Waals surface area contributed by atoms with Crippen LogP contribution in [-0.4, -0.2) is 34.6 Å².